The molecular formula is C19H18N6O2. The number of benzene rings is 1. The molecule has 3 heterocycles. The molecule has 0 radical (unpaired) electrons. The van der Waals surface area contributed by atoms with Gasteiger partial charge in [-0.3, -0.25) is 9.36 Å². The second kappa shape index (κ2) is 6.15. The summed E-state index contributed by atoms with van der Waals surface area (Å²) in [5, 5.41) is 3.48. The zero-order chi connectivity index (χ0) is 18.4. The van der Waals surface area contributed by atoms with Crippen LogP contribution >= 0.6 is 0 Å². The molecule has 0 amide bonds. The highest BCUT2D eigenvalue weighted by molar-refractivity contribution is 5.68. The fourth-order valence-corrected chi connectivity index (χ4v) is 3.81. The molecule has 0 unspecified atom stereocenters. The number of hydrogen-bond acceptors (Lipinski definition) is 6. The fraction of sp³-hybridized carbons (Fsp3) is 0.316. The maximum atomic E-state index is 12.1. The highest BCUT2D eigenvalue weighted by Crippen LogP contribution is 2.55. The predicted molar refractivity (Wildman–Crippen MR) is 97.2 cm³/mol. The van der Waals surface area contributed by atoms with Crippen molar-refractivity contribution in [2.24, 2.45) is 13.0 Å². The standard InChI is InChI=1S/C10H10.C9H8N6O2/c1-2-4-9-7(3-1)5-8-6-10(8)9;1-14-4-11-8-7(14)9(16)15(5-12-8)2-6-10-3-13-17-6/h1-4,8,10H,5-6H2;3-5H,2H2,1H3/t8-,10+;/m1./s1. The second-order valence-corrected chi connectivity index (χ2v) is 7.05. The van der Waals surface area contributed by atoms with Crippen LogP contribution in [0.2, 0.25) is 0 Å². The van der Waals surface area contributed by atoms with E-state index in [4.69, 9.17) is 4.52 Å². The van der Waals surface area contributed by atoms with E-state index in [0.29, 0.717) is 17.1 Å². The second-order valence-electron chi connectivity index (χ2n) is 7.05. The zero-order valence-electron chi connectivity index (χ0n) is 14.8. The van der Waals surface area contributed by atoms with Gasteiger partial charge in [0.1, 0.15) is 12.9 Å². The van der Waals surface area contributed by atoms with Crippen LogP contribution in [-0.4, -0.2) is 29.2 Å². The van der Waals surface area contributed by atoms with E-state index in [-0.39, 0.29) is 12.1 Å². The number of aromatic nitrogens is 6. The summed E-state index contributed by atoms with van der Waals surface area (Å²) in [7, 11) is 1.75. The number of imidazole rings is 1. The Morgan fingerprint density at radius 1 is 1.19 bits per heavy atom. The lowest BCUT2D eigenvalue weighted by molar-refractivity contribution is 0.368. The molecule has 4 aromatic rings. The van der Waals surface area contributed by atoms with E-state index in [2.05, 4.69) is 44.4 Å². The van der Waals surface area contributed by atoms with Crippen molar-refractivity contribution in [1.29, 1.82) is 0 Å². The molecule has 2 aliphatic rings. The normalized spacial score (nSPS) is 19.3. The molecule has 0 saturated heterocycles. The molecule has 2 atom stereocenters. The first-order valence-electron chi connectivity index (χ1n) is 8.90. The van der Waals surface area contributed by atoms with Gasteiger partial charge in [-0.2, -0.15) is 4.98 Å². The van der Waals surface area contributed by atoms with Crippen molar-refractivity contribution in [1.82, 2.24) is 29.2 Å². The van der Waals surface area contributed by atoms with Gasteiger partial charge in [0.15, 0.2) is 17.5 Å². The number of hydrogen-bond donors (Lipinski definition) is 0. The summed E-state index contributed by atoms with van der Waals surface area (Å²) < 4.78 is 7.88. The summed E-state index contributed by atoms with van der Waals surface area (Å²) >= 11 is 0. The van der Waals surface area contributed by atoms with Gasteiger partial charge in [-0.25, -0.2) is 9.97 Å². The van der Waals surface area contributed by atoms with Crippen LogP contribution in [0.25, 0.3) is 11.2 Å². The van der Waals surface area contributed by atoms with E-state index in [1.54, 1.807) is 29.1 Å². The third-order valence-electron chi connectivity index (χ3n) is 5.27. The average Bonchev–Trinajstić information content (AvgIpc) is 3.04. The van der Waals surface area contributed by atoms with E-state index in [0.717, 1.165) is 11.8 Å². The Hall–Kier alpha value is -3.29. The Labute approximate surface area is 154 Å². The molecule has 27 heavy (non-hydrogen) atoms. The SMILES string of the molecule is Cn1cnc2ncn(Cc3ncno3)c(=O)c21.c1ccc2c(c1)C[C@@H]1C[C@H]21. The van der Waals surface area contributed by atoms with E-state index >= 15 is 0 Å². The molecular weight excluding hydrogens is 344 g/mol. The third-order valence-corrected chi connectivity index (χ3v) is 5.27. The van der Waals surface area contributed by atoms with Crippen molar-refractivity contribution < 1.29 is 4.52 Å². The molecule has 0 N–H and O–H groups in total. The van der Waals surface area contributed by atoms with Crippen LogP contribution < -0.4 is 5.56 Å². The molecule has 1 aromatic carbocycles. The van der Waals surface area contributed by atoms with Crippen LogP contribution in [0.5, 0.6) is 0 Å². The number of aryl methyl sites for hydroxylation is 1. The summed E-state index contributed by atoms with van der Waals surface area (Å²) in [5.74, 6) is 2.36. The van der Waals surface area contributed by atoms with E-state index in [1.165, 1.54) is 30.1 Å². The van der Waals surface area contributed by atoms with E-state index in [1.807, 2.05) is 0 Å². The van der Waals surface area contributed by atoms with Gasteiger partial charge < -0.3 is 9.09 Å². The molecule has 3 aromatic heterocycles. The smallest absolute Gasteiger partial charge is 0.280 e. The Bertz CT molecular complexity index is 1160. The van der Waals surface area contributed by atoms with Gasteiger partial charge >= 0.3 is 0 Å². The minimum Gasteiger partial charge on any atom is -0.338 e. The molecule has 8 nitrogen and oxygen atoms in total. The van der Waals surface area contributed by atoms with Crippen LogP contribution in [0.4, 0.5) is 0 Å². The van der Waals surface area contributed by atoms with Crippen molar-refractivity contribution in [3.05, 3.63) is 70.6 Å². The highest BCUT2D eigenvalue weighted by Gasteiger charge is 2.44. The lowest BCUT2D eigenvalue weighted by Gasteiger charge is -2.01. The average molecular weight is 362 g/mol. The molecule has 1 saturated carbocycles. The topological polar surface area (TPSA) is 91.6 Å². The molecule has 8 heteroatoms. The van der Waals surface area contributed by atoms with Crippen molar-refractivity contribution in [2.45, 2.75) is 25.3 Å². The first-order chi connectivity index (χ1) is 13.2. The molecule has 0 aliphatic heterocycles. The quantitative estimate of drug-likeness (QED) is 0.541. The third kappa shape index (κ3) is 2.83. The van der Waals surface area contributed by atoms with E-state index < -0.39 is 0 Å². The molecule has 6 rings (SSSR count). The van der Waals surface area contributed by atoms with Crippen LogP contribution in [0.1, 0.15) is 29.4 Å². The summed E-state index contributed by atoms with van der Waals surface area (Å²) in [5.41, 5.74) is 3.95. The molecule has 2 aliphatic carbocycles. The van der Waals surface area contributed by atoms with Crippen LogP contribution in [0.15, 0.2) is 52.6 Å². The van der Waals surface area contributed by atoms with Crippen LogP contribution in [0.3, 0.4) is 0 Å². The van der Waals surface area contributed by atoms with Gasteiger partial charge in [0.25, 0.3) is 5.56 Å². The summed E-state index contributed by atoms with van der Waals surface area (Å²) in [6.07, 6.45) is 7.09. The van der Waals surface area contributed by atoms with Crippen LogP contribution in [0, 0.1) is 5.92 Å². The Balaban J connectivity index is 0.000000135. The van der Waals surface area contributed by atoms with Gasteiger partial charge in [0.05, 0.1) is 6.33 Å². The van der Waals surface area contributed by atoms with Gasteiger partial charge in [-0.1, -0.05) is 29.4 Å². The van der Waals surface area contributed by atoms with Crippen molar-refractivity contribution >= 4 is 11.2 Å². The monoisotopic (exact) mass is 362 g/mol. The lowest BCUT2D eigenvalue weighted by atomic mass is 10.1. The number of fused-ring (bicyclic) bond motifs is 4. The predicted octanol–water partition coefficient (Wildman–Crippen LogP) is 1.91. The molecule has 136 valence electrons. The summed E-state index contributed by atoms with van der Waals surface area (Å²) in [4.78, 5) is 24.1. The lowest BCUT2D eigenvalue weighted by Crippen LogP contribution is -2.22. The Morgan fingerprint density at radius 2 is 2.04 bits per heavy atom. The Kier molecular flexibility index (Phi) is 3.63. The van der Waals surface area contributed by atoms with Gasteiger partial charge in [-0.15, -0.1) is 0 Å². The highest BCUT2D eigenvalue weighted by atomic mass is 16.5. The summed E-state index contributed by atoms with van der Waals surface area (Å²) in [6.45, 7) is 0.201. The molecule has 0 bridgehead atoms. The first kappa shape index (κ1) is 15.9. The van der Waals surface area contributed by atoms with Crippen molar-refractivity contribution in [2.75, 3.05) is 0 Å². The minimum atomic E-state index is -0.187. The molecule has 0 spiro atoms. The van der Waals surface area contributed by atoms with E-state index in [9.17, 15) is 4.79 Å². The first-order valence-corrected chi connectivity index (χ1v) is 8.90. The van der Waals surface area contributed by atoms with Gasteiger partial charge in [0.2, 0.25) is 5.89 Å². The minimum absolute atomic E-state index is 0.187. The largest absolute Gasteiger partial charge is 0.338 e. The van der Waals surface area contributed by atoms with Gasteiger partial charge in [-0.05, 0) is 35.8 Å². The number of nitrogens with zero attached hydrogens (tertiary/aromatic N) is 6. The van der Waals surface area contributed by atoms with Crippen molar-refractivity contribution in [3.8, 4) is 0 Å². The maximum absolute atomic E-state index is 12.1. The fourth-order valence-electron chi connectivity index (χ4n) is 3.81. The van der Waals surface area contributed by atoms with Crippen molar-refractivity contribution in [3.63, 3.8) is 0 Å². The van der Waals surface area contributed by atoms with Crippen LogP contribution in [-0.2, 0) is 20.0 Å². The summed E-state index contributed by atoms with van der Waals surface area (Å²) in [6, 6.07) is 8.90. The molecule has 1 fully saturated rings. The number of rotatable bonds is 2. The van der Waals surface area contributed by atoms with Gasteiger partial charge in [0, 0.05) is 7.05 Å². The maximum Gasteiger partial charge on any atom is 0.280 e. The Morgan fingerprint density at radius 3 is 2.85 bits per heavy atom. The zero-order valence-corrected chi connectivity index (χ0v) is 14.8.